The van der Waals surface area contributed by atoms with E-state index >= 15 is 0 Å². The van der Waals surface area contributed by atoms with Crippen molar-refractivity contribution in [2.75, 3.05) is 19.6 Å². The molecular formula is C12H28N2. The average molecular weight is 200 g/mol. The summed E-state index contributed by atoms with van der Waals surface area (Å²) in [5, 5.41) is 0. The van der Waals surface area contributed by atoms with Crippen LogP contribution in [0.3, 0.4) is 0 Å². The molecule has 86 valence electrons. The van der Waals surface area contributed by atoms with E-state index in [1.165, 1.54) is 13.0 Å². The fraction of sp³-hybridized carbons (Fsp3) is 1.00. The highest BCUT2D eigenvalue weighted by molar-refractivity contribution is 4.68. The molecule has 14 heavy (non-hydrogen) atoms. The third kappa shape index (κ3) is 7.34. The number of hydrogen-bond donors (Lipinski definition) is 1. The van der Waals surface area contributed by atoms with Gasteiger partial charge in [0.25, 0.3) is 0 Å². The van der Waals surface area contributed by atoms with Gasteiger partial charge in [0.15, 0.2) is 0 Å². The van der Waals surface area contributed by atoms with Gasteiger partial charge in [0.2, 0.25) is 0 Å². The smallest absolute Gasteiger partial charge is 0.00386 e. The Morgan fingerprint density at radius 3 is 2.07 bits per heavy atom. The summed E-state index contributed by atoms with van der Waals surface area (Å²) in [6.45, 7) is 14.6. The van der Waals surface area contributed by atoms with Gasteiger partial charge in [-0.05, 0) is 51.7 Å². The fourth-order valence-corrected chi connectivity index (χ4v) is 1.40. The van der Waals surface area contributed by atoms with Crippen LogP contribution in [0.1, 0.15) is 47.5 Å². The van der Waals surface area contributed by atoms with Crippen molar-refractivity contribution in [2.45, 2.75) is 53.5 Å². The Labute approximate surface area is 89.9 Å². The van der Waals surface area contributed by atoms with Crippen LogP contribution >= 0.6 is 0 Å². The van der Waals surface area contributed by atoms with Crippen LogP contribution in [0.4, 0.5) is 0 Å². The quantitative estimate of drug-likeness (QED) is 0.714. The monoisotopic (exact) mass is 200 g/mol. The molecule has 0 spiro atoms. The Hall–Kier alpha value is -0.0800. The van der Waals surface area contributed by atoms with E-state index in [4.69, 9.17) is 5.73 Å². The van der Waals surface area contributed by atoms with Gasteiger partial charge in [-0.25, -0.2) is 0 Å². The first-order valence-electron chi connectivity index (χ1n) is 5.81. The van der Waals surface area contributed by atoms with E-state index in [1.54, 1.807) is 0 Å². The van der Waals surface area contributed by atoms with Crippen LogP contribution < -0.4 is 5.73 Å². The third-order valence-corrected chi connectivity index (χ3v) is 2.53. The second-order valence-corrected chi connectivity index (χ2v) is 5.58. The topological polar surface area (TPSA) is 29.3 Å². The van der Waals surface area contributed by atoms with Crippen molar-refractivity contribution in [3.8, 4) is 0 Å². The van der Waals surface area contributed by atoms with E-state index in [-0.39, 0.29) is 0 Å². The third-order valence-electron chi connectivity index (χ3n) is 2.53. The van der Waals surface area contributed by atoms with E-state index in [0.29, 0.717) is 11.5 Å². The Bertz CT molecular complexity index is 136. The SMILES string of the molecule is CC(C)N(CCCN)CCC(C)(C)C. The molecule has 0 saturated heterocycles. The first-order chi connectivity index (χ1) is 6.37. The highest BCUT2D eigenvalue weighted by atomic mass is 15.1. The predicted molar refractivity (Wildman–Crippen MR) is 64.5 cm³/mol. The predicted octanol–water partition coefficient (Wildman–Crippen LogP) is 2.48. The van der Waals surface area contributed by atoms with Crippen molar-refractivity contribution >= 4 is 0 Å². The van der Waals surface area contributed by atoms with E-state index < -0.39 is 0 Å². The lowest BCUT2D eigenvalue weighted by Gasteiger charge is -2.29. The minimum Gasteiger partial charge on any atom is -0.330 e. The second kappa shape index (κ2) is 6.41. The lowest BCUT2D eigenvalue weighted by atomic mass is 9.92. The van der Waals surface area contributed by atoms with Crippen LogP contribution in [0.25, 0.3) is 0 Å². The van der Waals surface area contributed by atoms with Gasteiger partial charge in [-0.2, -0.15) is 0 Å². The molecule has 0 atom stereocenters. The molecule has 0 radical (unpaired) electrons. The van der Waals surface area contributed by atoms with Gasteiger partial charge in [-0.15, -0.1) is 0 Å². The van der Waals surface area contributed by atoms with Gasteiger partial charge in [-0.1, -0.05) is 20.8 Å². The zero-order chi connectivity index (χ0) is 11.2. The van der Waals surface area contributed by atoms with Crippen LogP contribution in [-0.2, 0) is 0 Å². The standard InChI is InChI=1S/C12H28N2/c1-11(2)14(9-6-8-13)10-7-12(3,4)5/h11H,6-10,13H2,1-5H3. The normalized spacial score (nSPS) is 12.9. The molecule has 0 aromatic rings. The number of nitrogens with two attached hydrogens (primary N) is 1. The summed E-state index contributed by atoms with van der Waals surface area (Å²) in [5.41, 5.74) is 5.97. The van der Waals surface area contributed by atoms with Gasteiger partial charge >= 0.3 is 0 Å². The Morgan fingerprint density at radius 2 is 1.71 bits per heavy atom. The number of rotatable bonds is 6. The zero-order valence-electron chi connectivity index (χ0n) is 10.6. The fourth-order valence-electron chi connectivity index (χ4n) is 1.40. The molecular weight excluding hydrogens is 172 g/mol. The molecule has 2 heteroatoms. The minimum atomic E-state index is 0.440. The number of nitrogens with zero attached hydrogens (tertiary/aromatic N) is 1. The van der Waals surface area contributed by atoms with Gasteiger partial charge < -0.3 is 10.6 Å². The molecule has 0 heterocycles. The van der Waals surface area contributed by atoms with Crippen LogP contribution in [0, 0.1) is 5.41 Å². The molecule has 0 fully saturated rings. The van der Waals surface area contributed by atoms with E-state index in [9.17, 15) is 0 Å². The van der Waals surface area contributed by atoms with Gasteiger partial charge in [-0.3, -0.25) is 0 Å². The highest BCUT2D eigenvalue weighted by Gasteiger charge is 2.14. The Kier molecular flexibility index (Phi) is 6.38. The molecule has 0 aliphatic carbocycles. The molecule has 2 nitrogen and oxygen atoms in total. The summed E-state index contributed by atoms with van der Waals surface area (Å²) in [4.78, 5) is 2.53. The molecule has 0 aromatic heterocycles. The van der Waals surface area contributed by atoms with Crippen LogP contribution in [0.5, 0.6) is 0 Å². The maximum absolute atomic E-state index is 5.53. The summed E-state index contributed by atoms with van der Waals surface area (Å²) >= 11 is 0. The molecule has 2 N–H and O–H groups in total. The first kappa shape index (κ1) is 13.9. The molecule has 0 rings (SSSR count). The Balaban J connectivity index is 3.85. The first-order valence-corrected chi connectivity index (χ1v) is 5.81. The Morgan fingerprint density at radius 1 is 1.14 bits per heavy atom. The molecule has 0 aromatic carbocycles. The largest absolute Gasteiger partial charge is 0.330 e. The van der Waals surface area contributed by atoms with Crippen LogP contribution in [-0.4, -0.2) is 30.6 Å². The average Bonchev–Trinajstić information content (AvgIpc) is 2.01. The summed E-state index contributed by atoms with van der Waals surface area (Å²) in [6, 6.07) is 0.643. The number of hydrogen-bond acceptors (Lipinski definition) is 2. The summed E-state index contributed by atoms with van der Waals surface area (Å²) < 4.78 is 0. The lowest BCUT2D eigenvalue weighted by Crippen LogP contribution is -2.35. The molecule has 0 saturated carbocycles. The molecule has 0 unspecified atom stereocenters. The van der Waals surface area contributed by atoms with Crippen molar-refractivity contribution in [3.63, 3.8) is 0 Å². The van der Waals surface area contributed by atoms with Crippen molar-refractivity contribution in [2.24, 2.45) is 11.1 Å². The van der Waals surface area contributed by atoms with E-state index in [0.717, 1.165) is 19.5 Å². The van der Waals surface area contributed by atoms with E-state index in [2.05, 4.69) is 39.5 Å². The zero-order valence-corrected chi connectivity index (χ0v) is 10.6. The molecule has 0 aliphatic rings. The van der Waals surface area contributed by atoms with E-state index in [1.807, 2.05) is 0 Å². The van der Waals surface area contributed by atoms with Crippen molar-refractivity contribution in [3.05, 3.63) is 0 Å². The van der Waals surface area contributed by atoms with Gasteiger partial charge in [0.1, 0.15) is 0 Å². The molecule has 0 aliphatic heterocycles. The van der Waals surface area contributed by atoms with Gasteiger partial charge in [0, 0.05) is 6.04 Å². The van der Waals surface area contributed by atoms with Crippen molar-refractivity contribution < 1.29 is 0 Å². The van der Waals surface area contributed by atoms with Crippen molar-refractivity contribution in [1.29, 1.82) is 0 Å². The minimum absolute atomic E-state index is 0.440. The lowest BCUT2D eigenvalue weighted by molar-refractivity contribution is 0.188. The second-order valence-electron chi connectivity index (χ2n) is 5.58. The van der Waals surface area contributed by atoms with Crippen LogP contribution in [0.15, 0.2) is 0 Å². The van der Waals surface area contributed by atoms with Crippen LogP contribution in [0.2, 0.25) is 0 Å². The summed E-state index contributed by atoms with van der Waals surface area (Å²) in [7, 11) is 0. The maximum atomic E-state index is 5.53. The molecule has 0 bridgehead atoms. The summed E-state index contributed by atoms with van der Waals surface area (Å²) in [6.07, 6.45) is 2.37. The van der Waals surface area contributed by atoms with Crippen molar-refractivity contribution in [1.82, 2.24) is 4.90 Å². The summed E-state index contributed by atoms with van der Waals surface area (Å²) in [5.74, 6) is 0. The highest BCUT2D eigenvalue weighted by Crippen LogP contribution is 2.19. The maximum Gasteiger partial charge on any atom is 0.00386 e. The molecule has 0 amide bonds. The van der Waals surface area contributed by atoms with Gasteiger partial charge in [0.05, 0.1) is 0 Å².